The largest absolute Gasteiger partial charge is 0.461 e. The summed E-state index contributed by atoms with van der Waals surface area (Å²) < 4.78 is 5.32. The molecule has 0 saturated carbocycles. The summed E-state index contributed by atoms with van der Waals surface area (Å²) >= 11 is 0. The Bertz CT molecular complexity index is 705. The maximum atomic E-state index is 5.32. The molecule has 0 aromatic carbocycles. The molecule has 0 spiro atoms. The lowest BCUT2D eigenvalue weighted by atomic mass is 10.1. The summed E-state index contributed by atoms with van der Waals surface area (Å²) in [5, 5.41) is 10.6. The van der Waals surface area contributed by atoms with E-state index in [1.165, 1.54) is 13.0 Å². The average Bonchev–Trinajstić information content (AvgIpc) is 3.44. The van der Waals surface area contributed by atoms with Crippen LogP contribution < -0.4 is 5.32 Å². The first-order valence-electron chi connectivity index (χ1n) is 9.86. The number of aliphatic imine (C=N–C) groups is 1. The van der Waals surface area contributed by atoms with Crippen LogP contribution in [0.25, 0.3) is 11.6 Å². The van der Waals surface area contributed by atoms with Crippen LogP contribution in [0.15, 0.2) is 27.8 Å². The highest BCUT2D eigenvalue weighted by atomic mass is 16.3. The summed E-state index contributed by atoms with van der Waals surface area (Å²) in [6.45, 7) is 10.8. The maximum absolute atomic E-state index is 5.32. The van der Waals surface area contributed by atoms with Crippen molar-refractivity contribution in [3.63, 3.8) is 0 Å². The van der Waals surface area contributed by atoms with Gasteiger partial charge >= 0.3 is 0 Å². The van der Waals surface area contributed by atoms with E-state index in [0.717, 1.165) is 50.9 Å². The fourth-order valence-corrected chi connectivity index (χ4v) is 3.57. The van der Waals surface area contributed by atoms with E-state index in [0.29, 0.717) is 17.5 Å². The van der Waals surface area contributed by atoms with Crippen LogP contribution >= 0.6 is 0 Å². The Kier molecular flexibility index (Phi) is 6.86. The first-order chi connectivity index (χ1) is 13.2. The maximum Gasteiger partial charge on any atom is 0.216 e. The Balaban J connectivity index is 1.45. The third-order valence-corrected chi connectivity index (χ3v) is 5.13. The van der Waals surface area contributed by atoms with E-state index in [1.54, 1.807) is 6.26 Å². The fraction of sp³-hybridized carbons (Fsp3) is 0.632. The lowest BCUT2D eigenvalue weighted by Crippen LogP contribution is -2.41. The van der Waals surface area contributed by atoms with Crippen molar-refractivity contribution in [2.24, 2.45) is 10.9 Å². The lowest BCUT2D eigenvalue weighted by molar-refractivity contribution is 0.255. The van der Waals surface area contributed by atoms with Crippen molar-refractivity contribution in [2.45, 2.75) is 26.7 Å². The number of aromatic amines is 1. The van der Waals surface area contributed by atoms with Crippen molar-refractivity contribution >= 4 is 5.96 Å². The zero-order chi connectivity index (χ0) is 19.1. The number of nitrogens with zero attached hydrogens (tertiary/aromatic N) is 5. The quantitative estimate of drug-likeness (QED) is 0.543. The van der Waals surface area contributed by atoms with Gasteiger partial charge < -0.3 is 19.5 Å². The van der Waals surface area contributed by atoms with Gasteiger partial charge in [-0.05, 0) is 37.6 Å². The fourth-order valence-electron chi connectivity index (χ4n) is 3.57. The summed E-state index contributed by atoms with van der Waals surface area (Å²) in [7, 11) is 1.85. The molecule has 1 fully saturated rings. The summed E-state index contributed by atoms with van der Waals surface area (Å²) in [5.74, 6) is 3.80. The Hall–Kier alpha value is -2.35. The van der Waals surface area contributed by atoms with E-state index in [2.05, 4.69) is 49.1 Å². The molecule has 1 unspecified atom stereocenters. The van der Waals surface area contributed by atoms with Crippen LogP contribution in [0.5, 0.6) is 0 Å². The highest BCUT2D eigenvalue weighted by Gasteiger charge is 2.25. The van der Waals surface area contributed by atoms with Gasteiger partial charge in [-0.3, -0.25) is 10.1 Å². The van der Waals surface area contributed by atoms with Crippen LogP contribution in [-0.4, -0.2) is 77.3 Å². The molecule has 8 nitrogen and oxygen atoms in total. The number of likely N-dealkylation sites (tertiary alicyclic amines) is 1. The molecule has 1 aliphatic rings. The van der Waals surface area contributed by atoms with Crippen molar-refractivity contribution in [1.29, 1.82) is 0 Å². The molecule has 3 heterocycles. The molecular weight excluding hydrogens is 342 g/mol. The molecule has 1 saturated heterocycles. The average molecular weight is 374 g/mol. The number of H-pyrrole nitrogens is 1. The SMILES string of the molecule is CCN(CC)CC1CCN(C(=NC)NCCc2nc(-c3ccco3)n[nH]2)C1. The monoisotopic (exact) mass is 373 g/mol. The first-order valence-corrected chi connectivity index (χ1v) is 9.86. The van der Waals surface area contributed by atoms with Crippen LogP contribution in [0, 0.1) is 5.92 Å². The van der Waals surface area contributed by atoms with Gasteiger partial charge in [-0.2, -0.15) is 5.10 Å². The van der Waals surface area contributed by atoms with Gasteiger partial charge in [-0.1, -0.05) is 13.8 Å². The van der Waals surface area contributed by atoms with E-state index in [9.17, 15) is 0 Å². The molecule has 0 radical (unpaired) electrons. The Labute approximate surface area is 161 Å². The second kappa shape index (κ2) is 9.55. The Morgan fingerprint density at radius 1 is 1.44 bits per heavy atom. The van der Waals surface area contributed by atoms with Gasteiger partial charge in [0.1, 0.15) is 5.82 Å². The van der Waals surface area contributed by atoms with E-state index in [-0.39, 0.29) is 0 Å². The molecule has 148 valence electrons. The van der Waals surface area contributed by atoms with Crippen molar-refractivity contribution in [3.05, 3.63) is 24.2 Å². The molecule has 0 aliphatic carbocycles. The molecule has 0 amide bonds. The minimum Gasteiger partial charge on any atom is -0.461 e. The first kappa shape index (κ1) is 19.4. The van der Waals surface area contributed by atoms with Crippen LogP contribution in [0.4, 0.5) is 0 Å². The van der Waals surface area contributed by atoms with E-state index >= 15 is 0 Å². The number of guanidine groups is 1. The molecule has 8 heteroatoms. The Morgan fingerprint density at radius 3 is 3.00 bits per heavy atom. The molecule has 27 heavy (non-hydrogen) atoms. The van der Waals surface area contributed by atoms with E-state index in [1.807, 2.05) is 19.2 Å². The topological polar surface area (TPSA) is 85.6 Å². The minimum atomic E-state index is 0.596. The Morgan fingerprint density at radius 2 is 2.30 bits per heavy atom. The zero-order valence-corrected chi connectivity index (χ0v) is 16.6. The van der Waals surface area contributed by atoms with Crippen LogP contribution in [0.1, 0.15) is 26.1 Å². The number of furan rings is 1. The number of aromatic nitrogens is 3. The predicted octanol–water partition coefficient (Wildman–Crippen LogP) is 1.85. The summed E-state index contributed by atoms with van der Waals surface area (Å²) in [5.41, 5.74) is 0. The second-order valence-electron chi connectivity index (χ2n) is 6.89. The van der Waals surface area contributed by atoms with Gasteiger partial charge in [-0.15, -0.1) is 0 Å². The smallest absolute Gasteiger partial charge is 0.216 e. The zero-order valence-electron chi connectivity index (χ0n) is 16.6. The molecule has 0 bridgehead atoms. The highest BCUT2D eigenvalue weighted by molar-refractivity contribution is 5.80. The lowest BCUT2D eigenvalue weighted by Gasteiger charge is -2.24. The number of hydrogen-bond acceptors (Lipinski definition) is 5. The molecule has 3 rings (SSSR count). The van der Waals surface area contributed by atoms with E-state index < -0.39 is 0 Å². The van der Waals surface area contributed by atoms with Crippen molar-refractivity contribution in [2.75, 3.05) is 46.3 Å². The van der Waals surface area contributed by atoms with Gasteiger partial charge in [0.25, 0.3) is 0 Å². The normalized spacial score (nSPS) is 17.9. The van der Waals surface area contributed by atoms with Crippen molar-refractivity contribution in [3.8, 4) is 11.6 Å². The summed E-state index contributed by atoms with van der Waals surface area (Å²) in [6.07, 6.45) is 3.61. The third-order valence-electron chi connectivity index (χ3n) is 5.13. The molecular formula is C19H31N7O. The van der Waals surface area contributed by atoms with Gasteiger partial charge in [-0.25, -0.2) is 4.98 Å². The molecule has 2 N–H and O–H groups in total. The molecule has 1 aliphatic heterocycles. The number of nitrogens with one attached hydrogen (secondary N) is 2. The third kappa shape index (κ3) is 5.09. The van der Waals surface area contributed by atoms with E-state index in [4.69, 9.17) is 4.42 Å². The van der Waals surface area contributed by atoms with Crippen molar-refractivity contribution in [1.82, 2.24) is 30.3 Å². The van der Waals surface area contributed by atoms with Gasteiger partial charge in [0.05, 0.1) is 6.26 Å². The summed E-state index contributed by atoms with van der Waals surface area (Å²) in [4.78, 5) is 13.8. The van der Waals surface area contributed by atoms with Gasteiger partial charge in [0, 0.05) is 39.6 Å². The van der Waals surface area contributed by atoms with Gasteiger partial charge in [0.2, 0.25) is 5.82 Å². The number of hydrogen-bond donors (Lipinski definition) is 2. The number of rotatable bonds is 8. The molecule has 2 aromatic rings. The van der Waals surface area contributed by atoms with Crippen molar-refractivity contribution < 1.29 is 4.42 Å². The van der Waals surface area contributed by atoms with Gasteiger partial charge in [0.15, 0.2) is 11.7 Å². The minimum absolute atomic E-state index is 0.596. The molecule has 2 aromatic heterocycles. The molecule has 1 atom stereocenters. The predicted molar refractivity (Wildman–Crippen MR) is 107 cm³/mol. The highest BCUT2D eigenvalue weighted by Crippen LogP contribution is 2.18. The van der Waals surface area contributed by atoms with Crippen LogP contribution in [0.2, 0.25) is 0 Å². The summed E-state index contributed by atoms with van der Waals surface area (Å²) in [6, 6.07) is 3.69. The standard InChI is InChI=1S/C19H31N7O/c1-4-25(5-2)13-15-9-11-26(14-15)19(20-3)21-10-8-17-22-18(24-23-17)16-7-6-12-27-16/h6-7,12,15H,4-5,8-11,13-14H2,1-3H3,(H,20,21)(H,22,23,24). The second-order valence-corrected chi connectivity index (χ2v) is 6.89. The van der Waals surface area contributed by atoms with Crippen LogP contribution in [0.3, 0.4) is 0 Å². The van der Waals surface area contributed by atoms with Crippen LogP contribution in [-0.2, 0) is 6.42 Å².